The van der Waals surface area contributed by atoms with E-state index in [2.05, 4.69) is 5.32 Å². The molecule has 3 heterocycles. The van der Waals surface area contributed by atoms with Crippen LogP contribution in [0.2, 0.25) is 0 Å². The number of pyridine rings is 1. The van der Waals surface area contributed by atoms with Gasteiger partial charge in [-0.2, -0.15) is 0 Å². The molecule has 4 aliphatic carbocycles. The Morgan fingerprint density at radius 2 is 1.88 bits per heavy atom. The molecule has 1 unspecified atom stereocenters. The number of amides is 2. The number of likely N-dealkylation sites (tertiary alicyclic amines) is 1. The quantitative estimate of drug-likeness (QED) is 0.711. The van der Waals surface area contributed by atoms with Crippen LogP contribution in [0.1, 0.15) is 80.4 Å². The second kappa shape index (κ2) is 8.36. The number of rotatable bonds is 5. The molecule has 5 fully saturated rings. The van der Waals surface area contributed by atoms with Crippen molar-refractivity contribution in [3.8, 4) is 0 Å². The van der Waals surface area contributed by atoms with E-state index in [9.17, 15) is 9.59 Å². The fraction of sp³-hybridized carbons (Fsp3) is 0.667. The van der Waals surface area contributed by atoms with Gasteiger partial charge in [0.25, 0.3) is 5.91 Å². The molecular formula is C27H37N5O2. The van der Waals surface area contributed by atoms with E-state index in [4.69, 9.17) is 10.7 Å². The molecule has 2 aromatic heterocycles. The molecule has 4 bridgehead atoms. The van der Waals surface area contributed by atoms with E-state index in [1.54, 1.807) is 0 Å². The second-order valence-corrected chi connectivity index (χ2v) is 11.8. The third kappa shape index (κ3) is 3.92. The lowest BCUT2D eigenvalue weighted by Gasteiger charge is -2.56. The highest BCUT2D eigenvalue weighted by molar-refractivity contribution is 5.93. The van der Waals surface area contributed by atoms with Crippen LogP contribution in [0.4, 0.5) is 0 Å². The third-order valence-corrected chi connectivity index (χ3v) is 9.12. The Hall–Kier alpha value is -2.41. The average molecular weight is 464 g/mol. The molecular weight excluding hydrogens is 426 g/mol. The first-order valence-electron chi connectivity index (χ1n) is 13.2. The van der Waals surface area contributed by atoms with E-state index in [-0.39, 0.29) is 23.8 Å². The van der Waals surface area contributed by atoms with E-state index < -0.39 is 0 Å². The Labute approximate surface area is 201 Å². The van der Waals surface area contributed by atoms with Crippen molar-refractivity contribution in [2.75, 3.05) is 19.6 Å². The van der Waals surface area contributed by atoms with Gasteiger partial charge >= 0.3 is 0 Å². The Balaban J connectivity index is 1.18. The van der Waals surface area contributed by atoms with Gasteiger partial charge in [0.05, 0.1) is 11.6 Å². The predicted molar refractivity (Wildman–Crippen MR) is 130 cm³/mol. The minimum absolute atomic E-state index is 0.0497. The summed E-state index contributed by atoms with van der Waals surface area (Å²) in [5, 5.41) is 3.29. The van der Waals surface area contributed by atoms with Gasteiger partial charge in [0.2, 0.25) is 5.91 Å². The van der Waals surface area contributed by atoms with Crippen molar-refractivity contribution in [1.29, 1.82) is 0 Å². The summed E-state index contributed by atoms with van der Waals surface area (Å²) in [6.07, 6.45) is 11.8. The summed E-state index contributed by atoms with van der Waals surface area (Å²) in [4.78, 5) is 33.0. The van der Waals surface area contributed by atoms with Crippen LogP contribution in [0.3, 0.4) is 0 Å². The molecule has 7 nitrogen and oxygen atoms in total. The van der Waals surface area contributed by atoms with Gasteiger partial charge in [0.1, 0.15) is 11.3 Å². The third-order valence-electron chi connectivity index (χ3n) is 9.12. The van der Waals surface area contributed by atoms with Gasteiger partial charge in [-0.1, -0.05) is 6.07 Å². The molecule has 34 heavy (non-hydrogen) atoms. The van der Waals surface area contributed by atoms with Crippen LogP contribution in [-0.4, -0.2) is 51.8 Å². The molecule has 4 saturated carbocycles. The molecule has 182 valence electrons. The molecule has 7 heteroatoms. The number of nitrogens with one attached hydrogen (secondary N) is 1. The zero-order valence-corrected chi connectivity index (χ0v) is 20.2. The highest BCUT2D eigenvalue weighted by Crippen LogP contribution is 2.59. The molecule has 5 aliphatic rings. The summed E-state index contributed by atoms with van der Waals surface area (Å²) in [6, 6.07) is 5.68. The summed E-state index contributed by atoms with van der Waals surface area (Å²) in [6.45, 7) is 4.03. The number of piperidine rings is 1. The van der Waals surface area contributed by atoms with Gasteiger partial charge in [0, 0.05) is 31.9 Å². The molecule has 2 amide bonds. The van der Waals surface area contributed by atoms with Crippen LogP contribution >= 0.6 is 0 Å². The number of nitrogens with two attached hydrogens (primary N) is 1. The van der Waals surface area contributed by atoms with Crippen LogP contribution in [-0.2, 0) is 4.79 Å². The zero-order valence-electron chi connectivity index (χ0n) is 20.2. The smallest absolute Gasteiger partial charge is 0.268 e. The molecule has 2 atom stereocenters. The first kappa shape index (κ1) is 22.1. The summed E-state index contributed by atoms with van der Waals surface area (Å²) >= 11 is 0. The van der Waals surface area contributed by atoms with E-state index >= 15 is 0 Å². The zero-order chi connectivity index (χ0) is 23.4. The van der Waals surface area contributed by atoms with E-state index in [0.717, 1.165) is 43.7 Å². The molecule has 0 spiro atoms. The number of aromatic nitrogens is 2. The standard InChI is InChI=1S/C27H37N5O2/c1-17(26(34)31-7-3-4-21(28)14-31)22-15-32-23(5-2-6-24(32)30-22)25(33)29-16-27-11-18-8-19(12-27)10-20(9-18)13-27/h2,5-6,15,17-21H,3-4,7-14,16,28H2,1H3,(H,29,33)/t17?,18?,19?,20?,21-,27?/m1/s1. The maximum absolute atomic E-state index is 13.3. The number of hydrogen-bond donors (Lipinski definition) is 2. The van der Waals surface area contributed by atoms with E-state index in [1.165, 1.54) is 38.5 Å². The summed E-state index contributed by atoms with van der Waals surface area (Å²) in [5.74, 6) is 2.26. The molecule has 0 radical (unpaired) electrons. The number of hydrogen-bond acceptors (Lipinski definition) is 4. The lowest BCUT2D eigenvalue weighted by atomic mass is 9.49. The van der Waals surface area contributed by atoms with Gasteiger partial charge in [-0.3, -0.25) is 14.0 Å². The monoisotopic (exact) mass is 463 g/mol. The van der Waals surface area contributed by atoms with Crippen LogP contribution in [0.5, 0.6) is 0 Å². The van der Waals surface area contributed by atoms with Crippen molar-refractivity contribution in [2.24, 2.45) is 28.9 Å². The van der Waals surface area contributed by atoms with Gasteiger partial charge in [-0.25, -0.2) is 4.98 Å². The summed E-state index contributed by atoms with van der Waals surface area (Å²) < 4.78 is 1.84. The minimum Gasteiger partial charge on any atom is -0.350 e. The van der Waals surface area contributed by atoms with Gasteiger partial charge in [-0.05, 0) is 93.6 Å². The van der Waals surface area contributed by atoms with Crippen LogP contribution < -0.4 is 11.1 Å². The van der Waals surface area contributed by atoms with E-state index in [0.29, 0.717) is 29.0 Å². The lowest BCUT2D eigenvalue weighted by Crippen LogP contribution is -2.51. The maximum Gasteiger partial charge on any atom is 0.268 e. The highest BCUT2D eigenvalue weighted by Gasteiger charge is 2.50. The first-order valence-corrected chi connectivity index (χ1v) is 13.2. The average Bonchev–Trinajstić information content (AvgIpc) is 3.25. The fourth-order valence-corrected chi connectivity index (χ4v) is 7.90. The van der Waals surface area contributed by atoms with Gasteiger partial charge in [0.15, 0.2) is 0 Å². The lowest BCUT2D eigenvalue weighted by molar-refractivity contribution is -0.133. The number of fused-ring (bicyclic) bond motifs is 1. The predicted octanol–water partition coefficient (Wildman–Crippen LogP) is 3.33. The molecule has 1 saturated heterocycles. The first-order chi connectivity index (χ1) is 16.4. The van der Waals surface area contributed by atoms with Crippen LogP contribution in [0.25, 0.3) is 5.65 Å². The van der Waals surface area contributed by atoms with Crippen molar-refractivity contribution < 1.29 is 9.59 Å². The van der Waals surface area contributed by atoms with Crippen molar-refractivity contribution in [3.05, 3.63) is 35.8 Å². The van der Waals surface area contributed by atoms with Gasteiger partial charge in [-0.15, -0.1) is 0 Å². The maximum atomic E-state index is 13.3. The summed E-state index contributed by atoms with van der Waals surface area (Å²) in [7, 11) is 0. The minimum atomic E-state index is -0.367. The second-order valence-electron chi connectivity index (χ2n) is 11.8. The topological polar surface area (TPSA) is 92.7 Å². The number of imidazole rings is 1. The number of carbonyl (C=O) groups is 2. The van der Waals surface area contributed by atoms with Crippen molar-refractivity contribution in [2.45, 2.75) is 70.3 Å². The largest absolute Gasteiger partial charge is 0.350 e. The molecule has 1 aliphatic heterocycles. The Morgan fingerprint density at radius 3 is 2.56 bits per heavy atom. The van der Waals surface area contributed by atoms with Gasteiger partial charge < -0.3 is 16.0 Å². The van der Waals surface area contributed by atoms with E-state index in [1.807, 2.05) is 40.6 Å². The van der Waals surface area contributed by atoms with Crippen molar-refractivity contribution >= 4 is 17.5 Å². The normalized spacial score (nSPS) is 33.3. The van der Waals surface area contributed by atoms with Crippen LogP contribution in [0.15, 0.2) is 24.4 Å². The number of carbonyl (C=O) groups excluding carboxylic acids is 2. The van der Waals surface area contributed by atoms with Crippen molar-refractivity contribution in [3.63, 3.8) is 0 Å². The van der Waals surface area contributed by atoms with Crippen molar-refractivity contribution in [1.82, 2.24) is 19.6 Å². The molecule has 7 rings (SSSR count). The summed E-state index contributed by atoms with van der Waals surface area (Å²) in [5.41, 5.74) is 8.37. The van der Waals surface area contributed by atoms with Crippen LogP contribution in [0, 0.1) is 23.2 Å². The molecule has 3 N–H and O–H groups in total. The Morgan fingerprint density at radius 1 is 1.18 bits per heavy atom. The fourth-order valence-electron chi connectivity index (χ4n) is 7.90. The number of nitrogens with zero attached hydrogens (tertiary/aromatic N) is 3. The molecule has 0 aromatic carbocycles. The molecule has 2 aromatic rings. The SMILES string of the molecule is CC(C(=O)N1CCC[C@@H](N)C1)c1cn2c(C(=O)NCC34CC5CC(CC(C5)C3)C4)cccc2n1. The highest BCUT2D eigenvalue weighted by atomic mass is 16.2. The Kier molecular flexibility index (Phi) is 5.43. The Bertz CT molecular complexity index is 1070.